The molecule has 0 amide bonds. The third kappa shape index (κ3) is 5.30. The zero-order chi connectivity index (χ0) is 38.2. The molecule has 0 saturated heterocycles. The van der Waals surface area contributed by atoms with Gasteiger partial charge in [-0.3, -0.25) is 0 Å². The van der Waals surface area contributed by atoms with Crippen LogP contribution in [0.4, 0.5) is 34.1 Å². The molecule has 0 bridgehead atoms. The van der Waals surface area contributed by atoms with E-state index in [2.05, 4.69) is 216 Å². The number of benzene rings is 10. The molecule has 0 N–H and O–H groups in total. The van der Waals surface area contributed by atoms with Gasteiger partial charge in [-0.1, -0.05) is 127 Å². The molecule has 0 fully saturated rings. The van der Waals surface area contributed by atoms with Gasteiger partial charge < -0.3 is 9.80 Å². The standard InChI is InChI=1S/C54H34N2S2/c1-3-13-37(14-4-1)55(40-25-30-46-44-17-7-9-20-50(44)57-52(46)33-40)39-24-29-42-36(32-39)23-28-48-43(42)27-22-35-12-11-19-49(54(35)48)56(38-15-5-2-6-16-38)41-26-31-47-45-18-8-10-21-51(45)58-53(47)34-41/h1-34H. The van der Waals surface area contributed by atoms with Crippen molar-refractivity contribution in [3.8, 4) is 0 Å². The summed E-state index contributed by atoms with van der Waals surface area (Å²) in [5.41, 5.74) is 6.86. The average Bonchev–Trinajstić information content (AvgIpc) is 3.85. The fourth-order valence-corrected chi connectivity index (χ4v) is 11.2. The highest BCUT2D eigenvalue weighted by molar-refractivity contribution is 7.26. The second-order valence-corrected chi connectivity index (χ2v) is 17.1. The third-order valence-electron chi connectivity index (χ3n) is 11.6. The normalized spacial score (nSPS) is 11.8. The molecule has 272 valence electrons. The van der Waals surface area contributed by atoms with Crippen molar-refractivity contribution in [1.82, 2.24) is 0 Å². The van der Waals surface area contributed by atoms with Gasteiger partial charge in [0.1, 0.15) is 0 Å². The maximum absolute atomic E-state index is 2.43. The Bertz CT molecular complexity index is 3530. The molecule has 2 heterocycles. The summed E-state index contributed by atoms with van der Waals surface area (Å²) in [5.74, 6) is 0. The lowest BCUT2D eigenvalue weighted by molar-refractivity contribution is 1.30. The van der Waals surface area contributed by atoms with E-state index in [1.807, 2.05) is 22.7 Å². The summed E-state index contributed by atoms with van der Waals surface area (Å²) < 4.78 is 5.22. The second kappa shape index (κ2) is 13.3. The van der Waals surface area contributed by atoms with Crippen LogP contribution in [-0.4, -0.2) is 0 Å². The van der Waals surface area contributed by atoms with Gasteiger partial charge in [0.25, 0.3) is 0 Å². The van der Waals surface area contributed by atoms with Crippen LogP contribution in [0.15, 0.2) is 206 Å². The molecule has 10 aromatic carbocycles. The number of thiophene rings is 2. The molecular formula is C54H34N2S2. The molecule has 2 nitrogen and oxygen atoms in total. The fourth-order valence-electron chi connectivity index (χ4n) is 8.96. The minimum Gasteiger partial charge on any atom is -0.310 e. The van der Waals surface area contributed by atoms with Crippen LogP contribution in [0.3, 0.4) is 0 Å². The average molecular weight is 775 g/mol. The smallest absolute Gasteiger partial charge is 0.0546 e. The highest BCUT2D eigenvalue weighted by atomic mass is 32.1. The van der Waals surface area contributed by atoms with Gasteiger partial charge in [0.15, 0.2) is 0 Å². The summed E-state index contributed by atoms with van der Waals surface area (Å²) in [6.45, 7) is 0. The number of hydrogen-bond acceptors (Lipinski definition) is 4. The van der Waals surface area contributed by atoms with E-state index >= 15 is 0 Å². The van der Waals surface area contributed by atoms with Crippen molar-refractivity contribution >= 4 is 129 Å². The maximum Gasteiger partial charge on any atom is 0.0546 e. The number of nitrogens with zero attached hydrogens (tertiary/aromatic N) is 2. The molecule has 12 rings (SSSR count). The summed E-state index contributed by atoms with van der Waals surface area (Å²) in [7, 11) is 0. The lowest BCUT2D eigenvalue weighted by atomic mass is 9.95. The van der Waals surface area contributed by atoms with Gasteiger partial charge in [-0.15, -0.1) is 22.7 Å². The molecule has 0 aliphatic heterocycles. The SMILES string of the molecule is c1ccc(N(c2ccc3c(ccc4c3ccc3cccc(N(c5ccccc5)c5ccc6c(c5)sc5ccccc56)c34)c2)c2ccc3c(c2)sc2ccccc23)cc1. The van der Waals surface area contributed by atoms with Crippen LogP contribution in [-0.2, 0) is 0 Å². The topological polar surface area (TPSA) is 6.48 Å². The number of para-hydroxylation sites is 2. The molecule has 2 aromatic heterocycles. The first-order valence-corrected chi connectivity index (χ1v) is 21.3. The van der Waals surface area contributed by atoms with Crippen molar-refractivity contribution in [2.75, 3.05) is 9.80 Å². The monoisotopic (exact) mass is 774 g/mol. The predicted octanol–water partition coefficient (Wildman–Crippen LogP) is 16.8. The van der Waals surface area contributed by atoms with E-state index in [0.717, 1.165) is 34.1 Å². The zero-order valence-corrected chi connectivity index (χ0v) is 33.0. The molecular weight excluding hydrogens is 741 g/mol. The van der Waals surface area contributed by atoms with E-state index in [1.54, 1.807) is 0 Å². The van der Waals surface area contributed by atoms with Gasteiger partial charge in [-0.05, 0) is 106 Å². The van der Waals surface area contributed by atoms with Crippen molar-refractivity contribution in [1.29, 1.82) is 0 Å². The molecule has 58 heavy (non-hydrogen) atoms. The Kier molecular flexibility index (Phi) is 7.62. The van der Waals surface area contributed by atoms with Gasteiger partial charge in [0.2, 0.25) is 0 Å². The zero-order valence-electron chi connectivity index (χ0n) is 31.3. The quantitative estimate of drug-likeness (QED) is 0.155. The highest BCUT2D eigenvalue weighted by Gasteiger charge is 2.20. The minimum atomic E-state index is 1.13. The fraction of sp³-hybridized carbons (Fsp3) is 0. The second-order valence-electron chi connectivity index (χ2n) is 14.9. The molecule has 4 heteroatoms. The molecule has 0 unspecified atom stereocenters. The van der Waals surface area contributed by atoms with E-state index in [0.29, 0.717) is 0 Å². The van der Waals surface area contributed by atoms with Crippen molar-refractivity contribution in [2.24, 2.45) is 0 Å². The van der Waals surface area contributed by atoms with E-state index in [-0.39, 0.29) is 0 Å². The molecule has 0 radical (unpaired) electrons. The first-order chi connectivity index (χ1) is 28.7. The van der Waals surface area contributed by atoms with Crippen LogP contribution < -0.4 is 9.80 Å². The molecule has 0 aliphatic carbocycles. The van der Waals surface area contributed by atoms with E-state index in [1.165, 1.54) is 72.7 Å². The third-order valence-corrected chi connectivity index (χ3v) is 13.9. The molecule has 12 aromatic rings. The number of rotatable bonds is 6. The van der Waals surface area contributed by atoms with Crippen LogP contribution in [0.5, 0.6) is 0 Å². The summed E-state index contributed by atoms with van der Waals surface area (Å²) in [6.07, 6.45) is 0. The van der Waals surface area contributed by atoms with Crippen LogP contribution in [0.2, 0.25) is 0 Å². The Morgan fingerprint density at radius 1 is 0.259 bits per heavy atom. The van der Waals surface area contributed by atoms with E-state index in [4.69, 9.17) is 0 Å². The van der Waals surface area contributed by atoms with Crippen molar-refractivity contribution in [2.45, 2.75) is 0 Å². The lowest BCUT2D eigenvalue weighted by Crippen LogP contribution is -2.10. The Morgan fingerprint density at radius 3 is 1.40 bits per heavy atom. The highest BCUT2D eigenvalue weighted by Crippen LogP contribution is 2.46. The Morgan fingerprint density at radius 2 is 0.741 bits per heavy atom. The van der Waals surface area contributed by atoms with E-state index < -0.39 is 0 Å². The predicted molar refractivity (Wildman–Crippen MR) is 254 cm³/mol. The Hall–Kier alpha value is -6.98. The molecule has 0 atom stereocenters. The maximum atomic E-state index is 2.43. The van der Waals surface area contributed by atoms with E-state index in [9.17, 15) is 0 Å². The lowest BCUT2D eigenvalue weighted by Gasteiger charge is -2.28. The minimum absolute atomic E-state index is 1.13. The summed E-state index contributed by atoms with van der Waals surface area (Å²) >= 11 is 3.72. The van der Waals surface area contributed by atoms with Crippen LogP contribution in [0, 0.1) is 0 Å². The van der Waals surface area contributed by atoms with Crippen molar-refractivity contribution in [3.05, 3.63) is 206 Å². The van der Waals surface area contributed by atoms with Gasteiger partial charge in [0.05, 0.1) is 5.69 Å². The first-order valence-electron chi connectivity index (χ1n) is 19.7. The van der Waals surface area contributed by atoms with Gasteiger partial charge >= 0.3 is 0 Å². The van der Waals surface area contributed by atoms with Crippen molar-refractivity contribution in [3.63, 3.8) is 0 Å². The number of anilines is 6. The van der Waals surface area contributed by atoms with Crippen molar-refractivity contribution < 1.29 is 0 Å². The summed E-state index contributed by atoms with van der Waals surface area (Å²) in [5, 5.41) is 12.6. The molecule has 0 aliphatic rings. The molecule has 0 spiro atoms. The summed E-state index contributed by atoms with van der Waals surface area (Å²) in [4.78, 5) is 4.82. The number of hydrogen-bond donors (Lipinski definition) is 0. The first kappa shape index (κ1) is 33.2. The van der Waals surface area contributed by atoms with Gasteiger partial charge in [-0.2, -0.15) is 0 Å². The van der Waals surface area contributed by atoms with Crippen LogP contribution in [0.1, 0.15) is 0 Å². The largest absolute Gasteiger partial charge is 0.310 e. The van der Waals surface area contributed by atoms with Gasteiger partial charge in [-0.25, -0.2) is 0 Å². The van der Waals surface area contributed by atoms with Crippen LogP contribution >= 0.6 is 22.7 Å². The summed E-state index contributed by atoms with van der Waals surface area (Å²) in [6, 6.07) is 75.7. The Balaban J connectivity index is 1.03. The molecule has 0 saturated carbocycles. The van der Waals surface area contributed by atoms with Crippen LogP contribution in [0.25, 0.3) is 72.7 Å². The Labute approximate surface area is 343 Å². The number of fused-ring (bicyclic) bond motifs is 11. The van der Waals surface area contributed by atoms with Gasteiger partial charge in [0, 0.05) is 74.2 Å².